The molecule has 1 aromatic rings. The molecule has 0 spiro atoms. The first-order chi connectivity index (χ1) is 10.4. The van der Waals surface area contributed by atoms with Gasteiger partial charge in [-0.2, -0.15) is 13.2 Å². The van der Waals surface area contributed by atoms with Crippen molar-refractivity contribution in [2.24, 2.45) is 11.3 Å². The van der Waals surface area contributed by atoms with Gasteiger partial charge in [-0.25, -0.2) is 0 Å². The van der Waals surface area contributed by atoms with Crippen molar-refractivity contribution in [1.82, 2.24) is 0 Å². The van der Waals surface area contributed by atoms with Crippen LogP contribution in [0.3, 0.4) is 0 Å². The molecule has 2 atom stereocenters. The molecule has 0 aliphatic heterocycles. The first kappa shape index (κ1) is 18.6. The summed E-state index contributed by atoms with van der Waals surface area (Å²) < 4.78 is 39.0. The lowest BCUT2D eigenvalue weighted by Crippen LogP contribution is -2.46. The van der Waals surface area contributed by atoms with Gasteiger partial charge in [0, 0.05) is 16.7 Å². The van der Waals surface area contributed by atoms with E-state index >= 15 is 0 Å². The third kappa shape index (κ3) is 5.11. The zero-order valence-corrected chi connectivity index (χ0v) is 15.2. The summed E-state index contributed by atoms with van der Waals surface area (Å²) in [5.74, 6) is 0.388. The van der Waals surface area contributed by atoms with Gasteiger partial charge >= 0.3 is 6.18 Å². The van der Waals surface area contributed by atoms with Crippen LogP contribution in [0, 0.1) is 11.3 Å². The molecule has 130 valence electrons. The molecule has 2 unspecified atom stereocenters. The van der Waals surface area contributed by atoms with E-state index in [1.165, 1.54) is 0 Å². The van der Waals surface area contributed by atoms with Crippen LogP contribution in [0.4, 0.5) is 18.9 Å². The lowest BCUT2D eigenvalue weighted by atomic mass is 9.66. The summed E-state index contributed by atoms with van der Waals surface area (Å²) >= 11 is 3.11. The van der Waals surface area contributed by atoms with E-state index in [0.29, 0.717) is 28.9 Å². The summed E-state index contributed by atoms with van der Waals surface area (Å²) in [6.45, 7) is 6.59. The highest BCUT2D eigenvalue weighted by molar-refractivity contribution is 9.10. The van der Waals surface area contributed by atoms with Crippen molar-refractivity contribution in [2.75, 3.05) is 11.9 Å². The van der Waals surface area contributed by atoms with Gasteiger partial charge in [-0.15, -0.1) is 0 Å². The number of alkyl halides is 3. The van der Waals surface area contributed by atoms with Crippen molar-refractivity contribution in [3.05, 3.63) is 28.2 Å². The molecule has 1 aliphatic rings. The van der Waals surface area contributed by atoms with E-state index in [9.17, 15) is 18.3 Å². The quantitative estimate of drug-likeness (QED) is 0.714. The van der Waals surface area contributed by atoms with Crippen LogP contribution in [-0.4, -0.2) is 17.3 Å². The summed E-state index contributed by atoms with van der Waals surface area (Å²) in [6.07, 6.45) is -2.05. The van der Waals surface area contributed by atoms with Crippen LogP contribution in [0.5, 0.6) is 0 Å². The molecule has 0 bridgehead atoms. The summed E-state index contributed by atoms with van der Waals surface area (Å²) in [5.41, 5.74) is -1.22. The molecule has 2 rings (SSSR count). The number of hydrogen-bond donors (Lipinski definition) is 2. The monoisotopic (exact) mass is 393 g/mol. The molecule has 1 saturated carbocycles. The van der Waals surface area contributed by atoms with E-state index in [0.717, 1.165) is 18.6 Å². The Morgan fingerprint density at radius 2 is 1.91 bits per heavy atom. The van der Waals surface area contributed by atoms with Gasteiger partial charge in [-0.05, 0) is 48.8 Å². The highest BCUT2D eigenvalue weighted by Crippen LogP contribution is 2.44. The molecule has 2 N–H and O–H groups in total. The largest absolute Gasteiger partial charge is 0.416 e. The van der Waals surface area contributed by atoms with Crippen molar-refractivity contribution < 1.29 is 18.3 Å². The molecule has 0 amide bonds. The molecule has 0 radical (unpaired) electrons. The fourth-order valence-electron chi connectivity index (χ4n) is 3.96. The Bertz CT molecular complexity index is 573. The Labute approximate surface area is 143 Å². The molecular weight excluding hydrogens is 371 g/mol. The van der Waals surface area contributed by atoms with E-state index in [1.807, 2.05) is 0 Å². The average molecular weight is 394 g/mol. The van der Waals surface area contributed by atoms with Gasteiger partial charge in [0.05, 0.1) is 11.2 Å². The summed E-state index contributed by atoms with van der Waals surface area (Å²) in [6, 6.07) is 3.72. The fraction of sp³-hybridized carbons (Fsp3) is 0.647. The SMILES string of the molecule is CC1CC(C)(C)CC(O)(CNc2cc(Br)cc(C(F)(F)F)c2)C1. The summed E-state index contributed by atoms with van der Waals surface area (Å²) in [4.78, 5) is 0. The second kappa shape index (κ2) is 6.28. The number of benzene rings is 1. The molecule has 0 heterocycles. The first-order valence-corrected chi connectivity index (χ1v) is 8.52. The van der Waals surface area contributed by atoms with Crippen LogP contribution in [0.15, 0.2) is 22.7 Å². The van der Waals surface area contributed by atoms with Crippen molar-refractivity contribution in [3.63, 3.8) is 0 Å². The van der Waals surface area contributed by atoms with Crippen LogP contribution in [0.2, 0.25) is 0 Å². The lowest BCUT2D eigenvalue weighted by molar-refractivity contribution is -0.137. The lowest BCUT2D eigenvalue weighted by Gasteiger charge is -2.44. The van der Waals surface area contributed by atoms with Gasteiger partial charge in [0.2, 0.25) is 0 Å². The molecule has 2 nitrogen and oxygen atoms in total. The Hall–Kier alpha value is -0.750. The summed E-state index contributed by atoms with van der Waals surface area (Å²) in [5, 5.41) is 13.8. The summed E-state index contributed by atoms with van der Waals surface area (Å²) in [7, 11) is 0. The highest BCUT2D eigenvalue weighted by Gasteiger charge is 2.41. The molecular formula is C17H23BrF3NO. The molecule has 6 heteroatoms. The van der Waals surface area contributed by atoms with Crippen LogP contribution in [0.1, 0.15) is 45.6 Å². The average Bonchev–Trinajstić information content (AvgIpc) is 2.31. The Balaban J connectivity index is 2.13. The standard InChI is InChI=1S/C17H23BrF3NO/c1-11-7-15(2,3)9-16(23,8-11)10-22-14-5-12(17(19,20)21)4-13(18)6-14/h4-6,11,22-23H,7-10H2,1-3H3. The number of hydrogen-bond acceptors (Lipinski definition) is 2. The third-order valence-corrected chi connectivity index (χ3v) is 4.74. The second-order valence-electron chi connectivity index (χ2n) is 7.66. The maximum absolute atomic E-state index is 12.9. The number of aliphatic hydroxyl groups is 1. The van der Waals surface area contributed by atoms with Gasteiger partial charge < -0.3 is 10.4 Å². The molecule has 1 aromatic carbocycles. The first-order valence-electron chi connectivity index (χ1n) is 7.73. The maximum atomic E-state index is 12.9. The normalized spacial score (nSPS) is 27.7. The van der Waals surface area contributed by atoms with Crippen molar-refractivity contribution in [2.45, 2.75) is 51.8 Å². The Kier molecular flexibility index (Phi) is 5.07. The third-order valence-electron chi connectivity index (χ3n) is 4.28. The van der Waals surface area contributed by atoms with Gasteiger partial charge in [-0.1, -0.05) is 36.7 Å². The Morgan fingerprint density at radius 3 is 2.48 bits per heavy atom. The van der Waals surface area contributed by atoms with Crippen molar-refractivity contribution in [3.8, 4) is 0 Å². The van der Waals surface area contributed by atoms with Crippen LogP contribution in [0.25, 0.3) is 0 Å². The zero-order chi connectivity index (χ0) is 17.5. The van der Waals surface area contributed by atoms with E-state index in [-0.39, 0.29) is 12.0 Å². The molecule has 23 heavy (non-hydrogen) atoms. The fourth-order valence-corrected chi connectivity index (χ4v) is 4.45. The Morgan fingerprint density at radius 1 is 1.26 bits per heavy atom. The topological polar surface area (TPSA) is 32.3 Å². The smallest absolute Gasteiger partial charge is 0.388 e. The predicted molar refractivity (Wildman–Crippen MR) is 89.4 cm³/mol. The van der Waals surface area contributed by atoms with Crippen molar-refractivity contribution in [1.29, 1.82) is 0 Å². The minimum absolute atomic E-state index is 0.0303. The van der Waals surface area contributed by atoms with Gasteiger partial charge in [-0.3, -0.25) is 0 Å². The molecule has 1 aliphatic carbocycles. The highest BCUT2D eigenvalue weighted by atomic mass is 79.9. The van der Waals surface area contributed by atoms with Crippen molar-refractivity contribution >= 4 is 21.6 Å². The predicted octanol–water partition coefficient (Wildman–Crippen LogP) is 5.46. The van der Waals surface area contributed by atoms with E-state index in [4.69, 9.17) is 0 Å². The maximum Gasteiger partial charge on any atom is 0.416 e. The number of rotatable bonds is 3. The molecule has 1 fully saturated rings. The van der Waals surface area contributed by atoms with E-state index < -0.39 is 17.3 Å². The zero-order valence-electron chi connectivity index (χ0n) is 13.6. The van der Waals surface area contributed by atoms with Gasteiger partial charge in [0.1, 0.15) is 0 Å². The minimum atomic E-state index is -4.39. The van der Waals surface area contributed by atoms with E-state index in [2.05, 4.69) is 42.0 Å². The number of anilines is 1. The second-order valence-corrected chi connectivity index (χ2v) is 8.57. The molecule has 0 aromatic heterocycles. The van der Waals surface area contributed by atoms with Gasteiger partial charge in [0.15, 0.2) is 0 Å². The number of halogens is 4. The van der Waals surface area contributed by atoms with Gasteiger partial charge in [0.25, 0.3) is 0 Å². The molecule has 0 saturated heterocycles. The number of nitrogens with one attached hydrogen (secondary N) is 1. The van der Waals surface area contributed by atoms with Crippen LogP contribution < -0.4 is 5.32 Å². The van der Waals surface area contributed by atoms with Crippen LogP contribution >= 0.6 is 15.9 Å². The minimum Gasteiger partial charge on any atom is -0.388 e. The van der Waals surface area contributed by atoms with E-state index in [1.54, 1.807) is 6.07 Å². The van der Waals surface area contributed by atoms with Crippen LogP contribution in [-0.2, 0) is 6.18 Å².